The lowest BCUT2D eigenvalue weighted by molar-refractivity contribution is -0.146. The van der Waals surface area contributed by atoms with E-state index in [0.29, 0.717) is 5.75 Å². The first kappa shape index (κ1) is 9.58. The molecule has 0 aromatic rings. The normalized spacial score (nSPS) is 47.9. The molecule has 13 heavy (non-hydrogen) atoms. The van der Waals surface area contributed by atoms with Crippen LogP contribution >= 0.6 is 0 Å². The fraction of sp³-hybridized carbons (Fsp3) is 1.00. The van der Waals surface area contributed by atoms with Crippen LogP contribution in [0.5, 0.6) is 0 Å². The molecule has 4 nitrogen and oxygen atoms in total. The van der Waals surface area contributed by atoms with Gasteiger partial charge in [-0.1, -0.05) is 0 Å². The van der Waals surface area contributed by atoms with E-state index in [1.807, 2.05) is 13.8 Å². The molecule has 0 bridgehead atoms. The summed E-state index contributed by atoms with van der Waals surface area (Å²) in [5.41, 5.74) is 0. The van der Waals surface area contributed by atoms with Crippen LogP contribution in [-0.4, -0.2) is 44.9 Å². The smallest absolute Gasteiger partial charge is 0.163 e. The highest BCUT2D eigenvalue weighted by molar-refractivity contribution is 7.86. The minimum absolute atomic E-state index is 0.0901. The van der Waals surface area contributed by atoms with Crippen molar-refractivity contribution in [1.82, 2.24) is 0 Å². The minimum atomic E-state index is -1.00. The van der Waals surface area contributed by atoms with Gasteiger partial charge in [-0.25, -0.2) is 0 Å². The Hall–Kier alpha value is 0.0300. The Bertz CT molecular complexity index is 240. The topological polar surface area (TPSA) is 55.8 Å². The maximum absolute atomic E-state index is 11.4. The van der Waals surface area contributed by atoms with Crippen molar-refractivity contribution in [3.63, 3.8) is 0 Å². The van der Waals surface area contributed by atoms with Crippen LogP contribution in [0.3, 0.4) is 0 Å². The number of fused-ring (bicyclic) bond motifs is 1. The SMILES string of the molecule is CC1(C)OC2CS(=O)C(CO)C2O1. The third-order valence-corrected chi connectivity index (χ3v) is 4.18. The van der Waals surface area contributed by atoms with E-state index in [1.165, 1.54) is 0 Å². The van der Waals surface area contributed by atoms with Gasteiger partial charge >= 0.3 is 0 Å². The highest BCUT2D eigenvalue weighted by Gasteiger charge is 2.52. The van der Waals surface area contributed by atoms with Crippen molar-refractivity contribution in [3.8, 4) is 0 Å². The first-order valence-corrected chi connectivity index (χ1v) is 5.75. The van der Waals surface area contributed by atoms with E-state index in [9.17, 15) is 4.21 Å². The molecule has 2 fully saturated rings. The van der Waals surface area contributed by atoms with E-state index in [0.717, 1.165) is 0 Å². The Morgan fingerprint density at radius 3 is 2.85 bits per heavy atom. The fourth-order valence-corrected chi connectivity index (χ4v) is 3.45. The summed E-state index contributed by atoms with van der Waals surface area (Å²) in [6.45, 7) is 3.58. The average molecular weight is 206 g/mol. The van der Waals surface area contributed by atoms with Gasteiger partial charge in [0.05, 0.1) is 23.7 Å². The predicted octanol–water partition coefficient (Wildman–Crippen LogP) is -0.370. The van der Waals surface area contributed by atoms with Crippen molar-refractivity contribution >= 4 is 10.8 Å². The molecule has 2 rings (SSSR count). The third kappa shape index (κ3) is 1.54. The van der Waals surface area contributed by atoms with E-state index in [4.69, 9.17) is 14.6 Å². The summed E-state index contributed by atoms with van der Waals surface area (Å²) in [5.74, 6) is -0.104. The molecule has 0 aliphatic carbocycles. The molecule has 5 heteroatoms. The molecule has 0 spiro atoms. The molecular formula is C8H14O4S. The molecule has 2 aliphatic rings. The van der Waals surface area contributed by atoms with Gasteiger partial charge in [-0.05, 0) is 13.8 Å². The van der Waals surface area contributed by atoms with Crippen LogP contribution in [0.25, 0.3) is 0 Å². The molecule has 4 unspecified atom stereocenters. The molecule has 0 aromatic heterocycles. The van der Waals surface area contributed by atoms with Gasteiger partial charge in [0.1, 0.15) is 6.10 Å². The van der Waals surface area contributed by atoms with Gasteiger partial charge < -0.3 is 14.6 Å². The highest BCUT2D eigenvalue weighted by Crippen LogP contribution is 2.36. The Morgan fingerprint density at radius 2 is 2.23 bits per heavy atom. The second-order valence-electron chi connectivity index (χ2n) is 3.91. The van der Waals surface area contributed by atoms with Crippen molar-refractivity contribution in [3.05, 3.63) is 0 Å². The largest absolute Gasteiger partial charge is 0.395 e. The lowest BCUT2D eigenvalue weighted by Gasteiger charge is -2.20. The van der Waals surface area contributed by atoms with Crippen molar-refractivity contribution in [2.24, 2.45) is 0 Å². The molecule has 2 aliphatic heterocycles. The Morgan fingerprint density at radius 1 is 1.54 bits per heavy atom. The van der Waals surface area contributed by atoms with Crippen LogP contribution in [0, 0.1) is 0 Å². The summed E-state index contributed by atoms with van der Waals surface area (Å²) in [6, 6.07) is 0. The van der Waals surface area contributed by atoms with Gasteiger partial charge in [-0.15, -0.1) is 0 Å². The van der Waals surface area contributed by atoms with Crippen molar-refractivity contribution in [2.45, 2.75) is 37.1 Å². The molecule has 2 heterocycles. The van der Waals surface area contributed by atoms with Gasteiger partial charge in [-0.3, -0.25) is 4.21 Å². The highest BCUT2D eigenvalue weighted by atomic mass is 32.2. The Kier molecular flexibility index (Phi) is 2.22. The quantitative estimate of drug-likeness (QED) is 0.636. The number of aliphatic hydroxyl groups is 1. The predicted molar refractivity (Wildman–Crippen MR) is 47.7 cm³/mol. The number of hydrogen-bond donors (Lipinski definition) is 1. The van der Waals surface area contributed by atoms with Gasteiger partial charge in [-0.2, -0.15) is 0 Å². The third-order valence-electron chi connectivity index (χ3n) is 2.43. The molecule has 76 valence electrons. The zero-order chi connectivity index (χ0) is 9.64. The summed E-state index contributed by atoms with van der Waals surface area (Å²) in [6.07, 6.45) is -0.297. The van der Waals surface area contributed by atoms with Gasteiger partial charge in [0.2, 0.25) is 0 Å². The molecule has 0 aromatic carbocycles. The maximum atomic E-state index is 11.4. The molecule has 0 saturated carbocycles. The van der Waals surface area contributed by atoms with Gasteiger partial charge in [0.15, 0.2) is 5.79 Å². The van der Waals surface area contributed by atoms with Crippen LogP contribution in [0.15, 0.2) is 0 Å². The van der Waals surface area contributed by atoms with Crippen molar-refractivity contribution in [1.29, 1.82) is 0 Å². The second-order valence-corrected chi connectivity index (χ2v) is 5.61. The minimum Gasteiger partial charge on any atom is -0.395 e. The van der Waals surface area contributed by atoms with E-state index in [2.05, 4.69) is 0 Å². The van der Waals surface area contributed by atoms with Crippen LogP contribution in [0.4, 0.5) is 0 Å². The Balaban J connectivity index is 2.15. The summed E-state index contributed by atoms with van der Waals surface area (Å²) >= 11 is 0. The molecular weight excluding hydrogens is 192 g/mol. The van der Waals surface area contributed by atoms with Crippen molar-refractivity contribution < 1.29 is 18.8 Å². The lowest BCUT2D eigenvalue weighted by atomic mass is 10.2. The molecule has 0 amide bonds. The zero-order valence-electron chi connectivity index (χ0n) is 7.73. The summed E-state index contributed by atoms with van der Waals surface area (Å²) < 4.78 is 22.5. The molecule has 2 saturated heterocycles. The first-order valence-electron chi connectivity index (χ1n) is 4.37. The fourth-order valence-electron chi connectivity index (χ4n) is 1.93. The van der Waals surface area contributed by atoms with E-state index in [1.54, 1.807) is 0 Å². The lowest BCUT2D eigenvalue weighted by Crippen LogP contribution is -2.32. The number of hydrogen-bond acceptors (Lipinski definition) is 4. The average Bonchev–Trinajstić information content (AvgIpc) is 2.39. The summed E-state index contributed by atoms with van der Waals surface area (Å²) in [4.78, 5) is 0. The summed E-state index contributed by atoms with van der Waals surface area (Å²) in [7, 11) is -1.00. The number of ether oxygens (including phenoxy) is 2. The van der Waals surface area contributed by atoms with Gasteiger partial charge in [0, 0.05) is 10.8 Å². The summed E-state index contributed by atoms with van der Waals surface area (Å²) in [5, 5.41) is 8.75. The van der Waals surface area contributed by atoms with Crippen LogP contribution in [0.2, 0.25) is 0 Å². The first-order chi connectivity index (χ1) is 6.03. The van der Waals surface area contributed by atoms with Crippen molar-refractivity contribution in [2.75, 3.05) is 12.4 Å². The monoisotopic (exact) mass is 206 g/mol. The number of aliphatic hydroxyl groups excluding tert-OH is 1. The Labute approximate surface area is 79.7 Å². The molecule has 4 atom stereocenters. The van der Waals surface area contributed by atoms with E-state index < -0.39 is 16.6 Å². The molecule has 0 radical (unpaired) electrons. The van der Waals surface area contributed by atoms with E-state index in [-0.39, 0.29) is 24.1 Å². The van der Waals surface area contributed by atoms with Crippen LogP contribution < -0.4 is 0 Å². The van der Waals surface area contributed by atoms with Gasteiger partial charge in [0.25, 0.3) is 0 Å². The van der Waals surface area contributed by atoms with Crippen LogP contribution in [-0.2, 0) is 20.3 Å². The second kappa shape index (κ2) is 3.02. The standard InChI is InChI=1S/C8H14O4S/c1-8(2)11-5-4-13(10)6(3-9)7(5)12-8/h5-7,9H,3-4H2,1-2H3. The molecule has 1 N–H and O–H groups in total. The maximum Gasteiger partial charge on any atom is 0.163 e. The zero-order valence-corrected chi connectivity index (χ0v) is 8.54. The van der Waals surface area contributed by atoms with E-state index >= 15 is 0 Å². The number of rotatable bonds is 1. The van der Waals surface area contributed by atoms with Crippen LogP contribution in [0.1, 0.15) is 13.8 Å².